The van der Waals surface area contributed by atoms with E-state index in [1.165, 1.54) is 27.7 Å². The number of rotatable bonds is 11. The second-order valence-corrected chi connectivity index (χ2v) is 6.15. The second-order valence-electron chi connectivity index (χ2n) is 6.15. The summed E-state index contributed by atoms with van der Waals surface area (Å²) in [6, 6.07) is -0.502. The largest absolute Gasteiger partial charge is 0.464 e. The Morgan fingerprint density at radius 2 is 1.00 bits per heavy atom. The van der Waals surface area contributed by atoms with Crippen molar-refractivity contribution in [2.75, 3.05) is 26.3 Å². The number of hydrogen-bond acceptors (Lipinski definition) is 6. The maximum absolute atomic E-state index is 12.0. The highest BCUT2D eigenvalue weighted by Gasteiger charge is 2.25. The third-order valence-electron chi connectivity index (χ3n) is 4.17. The summed E-state index contributed by atoms with van der Waals surface area (Å²) in [6.45, 7) is 10.2. The first-order chi connectivity index (χ1) is 12.1. The van der Waals surface area contributed by atoms with Gasteiger partial charge >= 0.3 is 11.9 Å². The minimum atomic E-state index is -0.398. The molecule has 8 heteroatoms. The molecule has 0 saturated carbocycles. The van der Waals surface area contributed by atoms with Gasteiger partial charge in [-0.3, -0.25) is 19.2 Å². The van der Waals surface area contributed by atoms with Gasteiger partial charge in [-0.25, -0.2) is 0 Å². The molecule has 2 amide bonds. The zero-order chi connectivity index (χ0) is 20.3. The van der Waals surface area contributed by atoms with Crippen molar-refractivity contribution in [2.45, 2.75) is 66.5 Å². The fourth-order valence-corrected chi connectivity index (χ4v) is 2.69. The van der Waals surface area contributed by atoms with Gasteiger partial charge in [0, 0.05) is 40.8 Å². The quantitative estimate of drug-likeness (QED) is 0.509. The highest BCUT2D eigenvalue weighted by atomic mass is 16.5. The van der Waals surface area contributed by atoms with E-state index in [-0.39, 0.29) is 37.1 Å². The molecule has 0 radical (unpaired) electrons. The van der Waals surface area contributed by atoms with Gasteiger partial charge < -0.3 is 19.3 Å². The molecule has 0 aliphatic rings. The van der Waals surface area contributed by atoms with E-state index in [2.05, 4.69) is 0 Å². The zero-order valence-corrected chi connectivity index (χ0v) is 16.7. The van der Waals surface area contributed by atoms with Crippen LogP contribution >= 0.6 is 0 Å². The molecule has 0 aromatic carbocycles. The van der Waals surface area contributed by atoms with Gasteiger partial charge in [0.1, 0.15) is 13.2 Å². The Labute approximate surface area is 155 Å². The molecule has 0 aliphatic carbocycles. The third-order valence-corrected chi connectivity index (χ3v) is 4.17. The topological polar surface area (TPSA) is 93.2 Å². The smallest absolute Gasteiger partial charge is 0.302 e. The average molecular weight is 372 g/mol. The molecule has 0 spiro atoms. The van der Waals surface area contributed by atoms with Gasteiger partial charge in [-0.1, -0.05) is 13.8 Å². The Morgan fingerprint density at radius 3 is 1.19 bits per heavy atom. The van der Waals surface area contributed by atoms with Crippen molar-refractivity contribution >= 4 is 23.8 Å². The van der Waals surface area contributed by atoms with E-state index in [9.17, 15) is 19.2 Å². The fraction of sp³-hybridized carbons (Fsp3) is 0.778. The fourth-order valence-electron chi connectivity index (χ4n) is 2.69. The zero-order valence-electron chi connectivity index (χ0n) is 16.7. The van der Waals surface area contributed by atoms with E-state index in [0.717, 1.165) is 0 Å². The van der Waals surface area contributed by atoms with Crippen molar-refractivity contribution in [1.29, 1.82) is 0 Å². The van der Waals surface area contributed by atoms with Gasteiger partial charge in [0.15, 0.2) is 0 Å². The van der Waals surface area contributed by atoms with Gasteiger partial charge in [-0.15, -0.1) is 0 Å². The lowest BCUT2D eigenvalue weighted by Crippen LogP contribution is -2.49. The van der Waals surface area contributed by atoms with Crippen LogP contribution < -0.4 is 0 Å². The highest BCUT2D eigenvalue weighted by Crippen LogP contribution is 2.10. The molecule has 26 heavy (non-hydrogen) atoms. The molecule has 2 atom stereocenters. The van der Waals surface area contributed by atoms with Crippen LogP contribution in [0.4, 0.5) is 0 Å². The monoisotopic (exact) mass is 372 g/mol. The number of carbonyl (C=O) groups excluding carboxylic acids is 4. The molecule has 0 fully saturated rings. The number of ether oxygens (including phenoxy) is 2. The van der Waals surface area contributed by atoms with E-state index < -0.39 is 11.9 Å². The van der Waals surface area contributed by atoms with Gasteiger partial charge in [-0.2, -0.15) is 0 Å². The number of carbonyl (C=O) groups is 4. The molecule has 0 N–H and O–H groups in total. The molecule has 0 unspecified atom stereocenters. The highest BCUT2D eigenvalue weighted by molar-refractivity contribution is 5.75. The van der Waals surface area contributed by atoms with Crippen LogP contribution in [0, 0.1) is 0 Å². The minimum absolute atomic E-state index is 0.121. The summed E-state index contributed by atoms with van der Waals surface area (Å²) in [5.74, 6) is -1.10. The predicted octanol–water partition coefficient (Wildman–Crippen LogP) is 1.37. The van der Waals surface area contributed by atoms with Gasteiger partial charge in [0.2, 0.25) is 11.8 Å². The molecule has 0 aromatic heterocycles. The van der Waals surface area contributed by atoms with Crippen LogP contribution in [0.5, 0.6) is 0 Å². The van der Waals surface area contributed by atoms with Gasteiger partial charge in [0.05, 0.1) is 12.1 Å². The Hall–Kier alpha value is -2.12. The summed E-state index contributed by atoms with van der Waals surface area (Å²) < 4.78 is 10.1. The van der Waals surface area contributed by atoms with Crippen molar-refractivity contribution in [1.82, 2.24) is 9.80 Å². The molecular weight excluding hydrogens is 340 g/mol. The van der Waals surface area contributed by atoms with Crippen molar-refractivity contribution in [2.24, 2.45) is 0 Å². The first-order valence-electron chi connectivity index (χ1n) is 8.95. The molecule has 0 heterocycles. The number of amides is 2. The Kier molecular flexibility index (Phi) is 11.3. The summed E-state index contributed by atoms with van der Waals surface area (Å²) in [5, 5.41) is 0. The lowest BCUT2D eigenvalue weighted by atomic mass is 10.1. The SMILES string of the molecule is CC[C@H](COC(C)=O)N(CCN(C(C)=O)[C@H](CC)COC(C)=O)C(C)=O. The average Bonchev–Trinajstić information content (AvgIpc) is 2.54. The molecule has 8 nitrogen and oxygen atoms in total. The summed E-state index contributed by atoms with van der Waals surface area (Å²) >= 11 is 0. The van der Waals surface area contributed by atoms with Gasteiger partial charge in [0.25, 0.3) is 0 Å². The van der Waals surface area contributed by atoms with Crippen LogP contribution in [-0.4, -0.2) is 71.9 Å². The Morgan fingerprint density at radius 1 is 0.692 bits per heavy atom. The summed E-state index contributed by atoms with van der Waals surface area (Å²) in [4.78, 5) is 49.4. The van der Waals surface area contributed by atoms with Crippen LogP contribution in [0.25, 0.3) is 0 Å². The van der Waals surface area contributed by atoms with Crippen molar-refractivity contribution < 1.29 is 28.7 Å². The van der Waals surface area contributed by atoms with E-state index >= 15 is 0 Å². The first kappa shape index (κ1) is 23.9. The summed E-state index contributed by atoms with van der Waals surface area (Å²) in [6.07, 6.45) is 1.25. The second kappa shape index (κ2) is 12.3. The lowest BCUT2D eigenvalue weighted by Gasteiger charge is -2.35. The van der Waals surface area contributed by atoms with Crippen molar-refractivity contribution in [3.05, 3.63) is 0 Å². The predicted molar refractivity (Wildman–Crippen MR) is 96.2 cm³/mol. The van der Waals surface area contributed by atoms with E-state index in [0.29, 0.717) is 25.9 Å². The summed E-state index contributed by atoms with van der Waals surface area (Å²) in [5.41, 5.74) is 0. The van der Waals surface area contributed by atoms with Crippen molar-refractivity contribution in [3.8, 4) is 0 Å². The van der Waals surface area contributed by atoms with Crippen LogP contribution in [0.2, 0.25) is 0 Å². The third kappa shape index (κ3) is 8.82. The number of nitrogens with zero attached hydrogens (tertiary/aromatic N) is 2. The first-order valence-corrected chi connectivity index (χ1v) is 8.95. The number of hydrogen-bond donors (Lipinski definition) is 0. The van der Waals surface area contributed by atoms with Crippen LogP contribution in [0.1, 0.15) is 54.4 Å². The molecule has 0 bridgehead atoms. The Balaban J connectivity index is 5.06. The number of esters is 2. The molecule has 150 valence electrons. The Bertz CT molecular complexity index is 450. The molecule has 0 aliphatic heterocycles. The van der Waals surface area contributed by atoms with Crippen LogP contribution in [0.15, 0.2) is 0 Å². The minimum Gasteiger partial charge on any atom is -0.464 e. The van der Waals surface area contributed by atoms with E-state index in [1.54, 1.807) is 9.80 Å². The molecule has 0 aromatic rings. The standard InChI is InChI=1S/C18H32N2O6/c1-7-17(11-25-15(5)23)19(13(3)21)9-10-20(14(4)22)18(8-2)12-26-16(6)24/h17-18H,7-12H2,1-6H3/t17-,18-/m1/s1. The normalized spacial score (nSPS) is 12.7. The van der Waals surface area contributed by atoms with Crippen molar-refractivity contribution in [3.63, 3.8) is 0 Å². The van der Waals surface area contributed by atoms with Crippen LogP contribution in [-0.2, 0) is 28.7 Å². The summed E-state index contributed by atoms with van der Waals surface area (Å²) in [7, 11) is 0. The van der Waals surface area contributed by atoms with E-state index in [1.807, 2.05) is 13.8 Å². The van der Waals surface area contributed by atoms with E-state index in [4.69, 9.17) is 9.47 Å². The van der Waals surface area contributed by atoms with Crippen LogP contribution in [0.3, 0.4) is 0 Å². The van der Waals surface area contributed by atoms with Gasteiger partial charge in [-0.05, 0) is 12.8 Å². The maximum Gasteiger partial charge on any atom is 0.302 e. The molecular formula is C18H32N2O6. The molecule has 0 rings (SSSR count). The maximum atomic E-state index is 12.0. The molecule has 0 saturated heterocycles. The lowest BCUT2D eigenvalue weighted by molar-refractivity contribution is -0.148.